The van der Waals surface area contributed by atoms with Gasteiger partial charge < -0.3 is 14.8 Å². The number of benzene rings is 1. The third-order valence-corrected chi connectivity index (χ3v) is 5.70. The highest BCUT2D eigenvalue weighted by molar-refractivity contribution is 5.30. The molecule has 1 aliphatic heterocycles. The average Bonchev–Trinajstić information content (AvgIpc) is 3.27. The first kappa shape index (κ1) is 21.5. The summed E-state index contributed by atoms with van der Waals surface area (Å²) in [5, 5.41) is 23.1. The maximum atomic E-state index is 12.9. The van der Waals surface area contributed by atoms with Crippen molar-refractivity contribution in [3.8, 4) is 0 Å². The lowest BCUT2D eigenvalue weighted by atomic mass is 9.78. The number of piperidine rings is 1. The molecule has 1 unspecified atom stereocenters. The van der Waals surface area contributed by atoms with E-state index < -0.39 is 17.3 Å². The first-order chi connectivity index (χ1) is 14.5. The molecule has 0 bridgehead atoms. The van der Waals surface area contributed by atoms with E-state index in [4.69, 9.17) is 4.42 Å². The molecule has 2 N–H and O–H groups in total. The smallest absolute Gasteiger partial charge is 0.416 e. The van der Waals surface area contributed by atoms with Gasteiger partial charge in [0.25, 0.3) is 0 Å². The highest BCUT2D eigenvalue weighted by Gasteiger charge is 2.41. The number of hydrogen-bond acceptors (Lipinski definition) is 6. The predicted octanol–water partition coefficient (Wildman–Crippen LogP) is 3.65. The average molecular weight is 435 g/mol. The molecule has 1 fully saturated rings. The van der Waals surface area contributed by atoms with Crippen LogP contribution in [-0.4, -0.2) is 31.1 Å². The van der Waals surface area contributed by atoms with Gasteiger partial charge in [0.05, 0.1) is 34.8 Å². The number of oxazole rings is 1. The second-order valence-electron chi connectivity index (χ2n) is 8.23. The minimum atomic E-state index is -4.41. The fourth-order valence-corrected chi connectivity index (χ4v) is 4.08. The van der Waals surface area contributed by atoms with E-state index in [1.54, 1.807) is 10.9 Å². The van der Waals surface area contributed by atoms with Crippen molar-refractivity contribution in [1.82, 2.24) is 25.3 Å². The van der Waals surface area contributed by atoms with Crippen LogP contribution in [0.4, 0.5) is 13.2 Å². The summed E-state index contributed by atoms with van der Waals surface area (Å²) in [6.07, 6.45) is -2.02. The number of nitrogens with one attached hydrogen (secondary N) is 1. The molecule has 1 aliphatic rings. The third-order valence-electron chi connectivity index (χ3n) is 5.70. The largest absolute Gasteiger partial charge is 0.444 e. The van der Waals surface area contributed by atoms with E-state index in [2.05, 4.69) is 20.6 Å². The zero-order chi connectivity index (χ0) is 22.4. The van der Waals surface area contributed by atoms with Crippen molar-refractivity contribution in [3.63, 3.8) is 0 Å². The van der Waals surface area contributed by atoms with E-state index in [1.807, 2.05) is 20.8 Å². The van der Waals surface area contributed by atoms with Gasteiger partial charge in [-0.3, -0.25) is 0 Å². The Kier molecular flexibility index (Phi) is 5.38. The molecular formula is C21H24F3N5O2. The third kappa shape index (κ3) is 4.49. The summed E-state index contributed by atoms with van der Waals surface area (Å²) in [4.78, 5) is 4.34. The van der Waals surface area contributed by atoms with Crippen molar-refractivity contribution in [1.29, 1.82) is 0 Å². The molecule has 3 aromatic rings. The van der Waals surface area contributed by atoms with Gasteiger partial charge in [-0.05, 0) is 44.9 Å². The SMILES string of the molecule is Cc1nc(Cn2cc([C@@H]3CC(O)(c4ccc(C(F)(F)F)cc4)C[C@H](C)N3)nn2)oc1C. The maximum Gasteiger partial charge on any atom is 0.416 e. The second kappa shape index (κ2) is 7.76. The van der Waals surface area contributed by atoms with Crippen molar-refractivity contribution >= 4 is 0 Å². The summed E-state index contributed by atoms with van der Waals surface area (Å²) in [5.41, 5.74) is -0.105. The van der Waals surface area contributed by atoms with Gasteiger partial charge in [-0.15, -0.1) is 5.10 Å². The maximum absolute atomic E-state index is 12.9. The van der Waals surface area contributed by atoms with Gasteiger partial charge in [0.15, 0.2) is 0 Å². The predicted molar refractivity (Wildman–Crippen MR) is 105 cm³/mol. The number of aliphatic hydroxyl groups is 1. The number of halogens is 3. The van der Waals surface area contributed by atoms with Gasteiger partial charge in [-0.1, -0.05) is 17.3 Å². The summed E-state index contributed by atoms with van der Waals surface area (Å²) < 4.78 is 45.8. The molecule has 0 aliphatic carbocycles. The van der Waals surface area contributed by atoms with Crippen LogP contribution in [0.3, 0.4) is 0 Å². The first-order valence-corrected chi connectivity index (χ1v) is 10.0. The van der Waals surface area contributed by atoms with E-state index >= 15 is 0 Å². The molecule has 2 aromatic heterocycles. The van der Waals surface area contributed by atoms with Gasteiger partial charge in [-0.25, -0.2) is 9.67 Å². The van der Waals surface area contributed by atoms with Crippen LogP contribution >= 0.6 is 0 Å². The summed E-state index contributed by atoms with van der Waals surface area (Å²) in [6, 6.07) is 4.33. The van der Waals surface area contributed by atoms with E-state index in [1.165, 1.54) is 12.1 Å². The minimum absolute atomic E-state index is 0.0757. The molecular weight excluding hydrogens is 411 g/mol. The van der Waals surface area contributed by atoms with Crippen LogP contribution in [0, 0.1) is 13.8 Å². The number of hydrogen-bond donors (Lipinski definition) is 2. The number of alkyl halides is 3. The lowest BCUT2D eigenvalue weighted by Crippen LogP contribution is -2.47. The quantitative estimate of drug-likeness (QED) is 0.650. The van der Waals surface area contributed by atoms with E-state index in [-0.39, 0.29) is 18.5 Å². The van der Waals surface area contributed by atoms with Crippen LogP contribution in [0.1, 0.15) is 60.0 Å². The molecule has 0 radical (unpaired) electrons. The molecule has 1 aromatic carbocycles. The highest BCUT2D eigenvalue weighted by Crippen LogP contribution is 2.40. The fraction of sp³-hybridized carbons (Fsp3) is 0.476. The zero-order valence-corrected chi connectivity index (χ0v) is 17.4. The summed E-state index contributed by atoms with van der Waals surface area (Å²) in [6.45, 7) is 5.95. The standard InChI is InChI=1S/C21H24F3N5O2/c1-12-8-20(30,15-4-6-16(7-5-15)21(22,23)24)9-17(25-12)18-10-29(28-27-18)11-19-26-13(2)14(3)31-19/h4-7,10,12,17,25,30H,8-9,11H2,1-3H3/t12-,17-,20?/m0/s1. The molecule has 0 spiro atoms. The van der Waals surface area contributed by atoms with E-state index in [0.29, 0.717) is 30.1 Å². The molecule has 31 heavy (non-hydrogen) atoms. The Hall–Kier alpha value is -2.72. The number of aromatic nitrogens is 4. The van der Waals surface area contributed by atoms with Gasteiger partial charge in [0.1, 0.15) is 12.3 Å². The Labute approximate surface area is 177 Å². The summed E-state index contributed by atoms with van der Waals surface area (Å²) in [7, 11) is 0. The number of nitrogens with zero attached hydrogens (tertiary/aromatic N) is 4. The molecule has 1 saturated heterocycles. The van der Waals surface area contributed by atoms with Crippen LogP contribution in [0.25, 0.3) is 0 Å². The van der Waals surface area contributed by atoms with Crippen molar-refractivity contribution in [3.05, 3.63) is 64.6 Å². The monoisotopic (exact) mass is 435 g/mol. The zero-order valence-electron chi connectivity index (χ0n) is 17.4. The Morgan fingerprint density at radius 2 is 1.94 bits per heavy atom. The van der Waals surface area contributed by atoms with Crippen LogP contribution < -0.4 is 5.32 Å². The number of aryl methyl sites for hydroxylation is 2. The second-order valence-corrected chi connectivity index (χ2v) is 8.23. The van der Waals surface area contributed by atoms with Crippen LogP contribution in [-0.2, 0) is 18.3 Å². The Balaban J connectivity index is 1.53. The van der Waals surface area contributed by atoms with Crippen LogP contribution in [0.2, 0.25) is 0 Å². The van der Waals surface area contributed by atoms with Gasteiger partial charge in [0.2, 0.25) is 5.89 Å². The van der Waals surface area contributed by atoms with Crippen molar-refractivity contribution in [2.24, 2.45) is 0 Å². The minimum Gasteiger partial charge on any atom is -0.444 e. The molecule has 7 nitrogen and oxygen atoms in total. The van der Waals surface area contributed by atoms with Crippen LogP contribution in [0.5, 0.6) is 0 Å². The molecule has 4 rings (SSSR count). The van der Waals surface area contributed by atoms with Gasteiger partial charge >= 0.3 is 6.18 Å². The molecule has 0 saturated carbocycles. The molecule has 3 heterocycles. The number of rotatable bonds is 4. The lowest BCUT2D eigenvalue weighted by Gasteiger charge is -2.40. The fourth-order valence-electron chi connectivity index (χ4n) is 4.08. The molecule has 0 amide bonds. The molecule has 166 valence electrons. The molecule has 3 atom stereocenters. The Bertz CT molecular complexity index is 1040. The van der Waals surface area contributed by atoms with Crippen LogP contribution in [0.15, 0.2) is 34.9 Å². The van der Waals surface area contributed by atoms with Crippen molar-refractivity contribution < 1.29 is 22.7 Å². The molecule has 10 heteroatoms. The Morgan fingerprint density at radius 1 is 1.23 bits per heavy atom. The topological polar surface area (TPSA) is 89.0 Å². The Morgan fingerprint density at radius 3 is 2.55 bits per heavy atom. The van der Waals surface area contributed by atoms with E-state index in [9.17, 15) is 18.3 Å². The highest BCUT2D eigenvalue weighted by atomic mass is 19.4. The first-order valence-electron chi connectivity index (χ1n) is 10.0. The van der Waals surface area contributed by atoms with E-state index in [0.717, 1.165) is 23.6 Å². The lowest BCUT2D eigenvalue weighted by molar-refractivity contribution is -0.137. The van der Waals surface area contributed by atoms with Crippen molar-refractivity contribution in [2.45, 2.75) is 64.0 Å². The normalized spacial score (nSPS) is 24.5. The van der Waals surface area contributed by atoms with Gasteiger partial charge in [-0.2, -0.15) is 13.2 Å². The summed E-state index contributed by atoms with van der Waals surface area (Å²) >= 11 is 0. The van der Waals surface area contributed by atoms with Gasteiger partial charge in [0, 0.05) is 12.5 Å². The summed E-state index contributed by atoms with van der Waals surface area (Å²) in [5.74, 6) is 1.28. The van der Waals surface area contributed by atoms with Crippen molar-refractivity contribution in [2.75, 3.05) is 0 Å².